The van der Waals surface area contributed by atoms with Crippen LogP contribution in [0.4, 0.5) is 0 Å². The van der Waals surface area contributed by atoms with E-state index in [-0.39, 0.29) is 11.8 Å². The molecule has 1 atom stereocenters. The van der Waals surface area contributed by atoms with E-state index in [1.165, 1.54) is 0 Å². The molecule has 1 aliphatic rings. The Morgan fingerprint density at radius 1 is 1.37 bits per heavy atom. The topological polar surface area (TPSA) is 100 Å². The molecule has 3 aromatic rings. The number of benzene rings is 1. The molecular weight excluding hydrogens is 346 g/mol. The fraction of sp³-hybridized carbons (Fsp3) is 0.263. The first-order valence-electron chi connectivity index (χ1n) is 8.60. The third kappa shape index (κ3) is 3.10. The molecule has 0 spiro atoms. The number of nitrogens with zero attached hydrogens (tertiary/aromatic N) is 3. The first-order chi connectivity index (χ1) is 13.1. The molecule has 8 nitrogen and oxygen atoms in total. The lowest BCUT2D eigenvalue weighted by Crippen LogP contribution is -2.40. The summed E-state index contributed by atoms with van der Waals surface area (Å²) in [6, 6.07) is 6.59. The molecule has 1 aliphatic heterocycles. The number of pyridine rings is 1. The highest BCUT2D eigenvalue weighted by Gasteiger charge is 2.31. The number of carbonyl (C=O) groups excluding carboxylic acids is 2. The Kier molecular flexibility index (Phi) is 4.23. The minimum atomic E-state index is -0.499. The van der Waals surface area contributed by atoms with Crippen molar-refractivity contribution in [1.29, 1.82) is 0 Å². The Bertz CT molecular complexity index is 1020. The van der Waals surface area contributed by atoms with Gasteiger partial charge in [0, 0.05) is 36.8 Å². The molecule has 2 amide bonds. The van der Waals surface area contributed by atoms with Gasteiger partial charge in [-0.05, 0) is 24.6 Å². The van der Waals surface area contributed by atoms with Gasteiger partial charge in [0.2, 0.25) is 5.91 Å². The maximum absolute atomic E-state index is 13.0. The molecule has 2 N–H and O–H groups in total. The van der Waals surface area contributed by atoms with Crippen molar-refractivity contribution in [3.05, 3.63) is 42.2 Å². The highest BCUT2D eigenvalue weighted by atomic mass is 16.5. The smallest absolute Gasteiger partial charge is 0.252 e. The maximum atomic E-state index is 13.0. The van der Waals surface area contributed by atoms with Crippen molar-refractivity contribution in [3.63, 3.8) is 0 Å². The largest absolute Gasteiger partial charge is 0.497 e. The van der Waals surface area contributed by atoms with Crippen LogP contribution >= 0.6 is 0 Å². The number of nitrogens with one attached hydrogen (secondary N) is 2. The summed E-state index contributed by atoms with van der Waals surface area (Å²) in [7, 11) is 3.32. The fourth-order valence-corrected chi connectivity index (χ4v) is 3.25. The molecule has 1 unspecified atom stereocenters. The number of hydrogen-bond acceptors (Lipinski definition) is 5. The molecule has 0 saturated carbocycles. The summed E-state index contributed by atoms with van der Waals surface area (Å²) in [5, 5.41) is 10.2. The Labute approximate surface area is 155 Å². The van der Waals surface area contributed by atoms with Gasteiger partial charge >= 0.3 is 0 Å². The van der Waals surface area contributed by atoms with Gasteiger partial charge in [-0.2, -0.15) is 5.10 Å². The van der Waals surface area contributed by atoms with E-state index >= 15 is 0 Å². The van der Waals surface area contributed by atoms with Gasteiger partial charge in [0.1, 0.15) is 11.8 Å². The van der Waals surface area contributed by atoms with E-state index in [9.17, 15) is 9.59 Å². The van der Waals surface area contributed by atoms with Gasteiger partial charge in [-0.3, -0.25) is 14.7 Å². The van der Waals surface area contributed by atoms with Crippen LogP contribution in [0.2, 0.25) is 0 Å². The summed E-state index contributed by atoms with van der Waals surface area (Å²) < 4.78 is 5.28. The summed E-state index contributed by atoms with van der Waals surface area (Å²) in [4.78, 5) is 31.4. The Hall–Kier alpha value is -3.42. The van der Waals surface area contributed by atoms with Crippen molar-refractivity contribution in [1.82, 2.24) is 25.4 Å². The third-order valence-corrected chi connectivity index (χ3v) is 4.79. The molecule has 3 heterocycles. The molecule has 0 aliphatic carbocycles. The maximum Gasteiger partial charge on any atom is 0.252 e. The molecule has 0 radical (unpaired) electrons. The minimum absolute atomic E-state index is 0.0709. The van der Waals surface area contributed by atoms with Crippen LogP contribution in [-0.4, -0.2) is 58.6 Å². The number of aromatic nitrogens is 3. The highest BCUT2D eigenvalue weighted by Crippen LogP contribution is 2.27. The van der Waals surface area contributed by atoms with Crippen molar-refractivity contribution < 1.29 is 14.3 Å². The standard InChI is InChI=1S/C19H19N5O3/c1-24-6-5-15(19(24)26)23-18(25)14-8-16(11-9-20-21-10-11)22-17-7-12(27-2)3-4-13(14)17/h3-4,7-10,15H,5-6H2,1-2H3,(H,20,21)(H,23,25). The second-order valence-corrected chi connectivity index (χ2v) is 6.50. The zero-order valence-electron chi connectivity index (χ0n) is 15.0. The number of methoxy groups -OCH3 is 1. The lowest BCUT2D eigenvalue weighted by atomic mass is 10.0. The Balaban J connectivity index is 1.78. The van der Waals surface area contributed by atoms with Crippen LogP contribution < -0.4 is 10.1 Å². The summed E-state index contributed by atoms with van der Waals surface area (Å²) in [5.74, 6) is 0.280. The molecule has 138 valence electrons. The molecule has 4 rings (SSSR count). The zero-order valence-corrected chi connectivity index (χ0v) is 15.0. The number of aromatic amines is 1. The van der Waals surface area contributed by atoms with E-state index < -0.39 is 6.04 Å². The molecule has 1 aromatic carbocycles. The van der Waals surface area contributed by atoms with Gasteiger partial charge < -0.3 is 15.0 Å². The van der Waals surface area contributed by atoms with Gasteiger partial charge in [-0.1, -0.05) is 0 Å². The number of likely N-dealkylation sites (N-methyl/N-ethyl adjacent to an activating group) is 1. The molecular formula is C19H19N5O3. The van der Waals surface area contributed by atoms with Crippen LogP contribution in [0.25, 0.3) is 22.2 Å². The number of amides is 2. The van der Waals surface area contributed by atoms with Gasteiger partial charge in [0.25, 0.3) is 5.91 Å². The number of fused-ring (bicyclic) bond motifs is 1. The van der Waals surface area contributed by atoms with Crippen molar-refractivity contribution >= 4 is 22.7 Å². The van der Waals surface area contributed by atoms with E-state index in [2.05, 4.69) is 20.5 Å². The van der Waals surface area contributed by atoms with E-state index in [0.717, 1.165) is 5.56 Å². The first-order valence-corrected chi connectivity index (χ1v) is 8.60. The highest BCUT2D eigenvalue weighted by molar-refractivity contribution is 6.08. The number of likely N-dealkylation sites (tertiary alicyclic amines) is 1. The molecule has 1 saturated heterocycles. The summed E-state index contributed by atoms with van der Waals surface area (Å²) >= 11 is 0. The minimum Gasteiger partial charge on any atom is -0.497 e. The van der Waals surface area contributed by atoms with Crippen molar-refractivity contribution in [2.75, 3.05) is 20.7 Å². The van der Waals surface area contributed by atoms with E-state index in [1.54, 1.807) is 55.7 Å². The zero-order chi connectivity index (χ0) is 19.0. The van der Waals surface area contributed by atoms with Gasteiger partial charge in [0.15, 0.2) is 0 Å². The van der Waals surface area contributed by atoms with Crippen molar-refractivity contribution in [2.45, 2.75) is 12.5 Å². The van der Waals surface area contributed by atoms with Crippen LogP contribution in [0.3, 0.4) is 0 Å². The van der Waals surface area contributed by atoms with E-state index in [0.29, 0.717) is 40.9 Å². The average Bonchev–Trinajstić information content (AvgIpc) is 3.32. The van der Waals surface area contributed by atoms with Crippen molar-refractivity contribution in [3.8, 4) is 17.0 Å². The van der Waals surface area contributed by atoms with Gasteiger partial charge in [0.05, 0.1) is 30.1 Å². The van der Waals surface area contributed by atoms with E-state index in [4.69, 9.17) is 4.74 Å². The van der Waals surface area contributed by atoms with E-state index in [1.807, 2.05) is 0 Å². The fourth-order valence-electron chi connectivity index (χ4n) is 3.25. The Morgan fingerprint density at radius 2 is 2.22 bits per heavy atom. The SMILES string of the molecule is COc1ccc2c(C(=O)NC3CCN(C)C3=O)cc(-c3cn[nH]c3)nc2c1. The van der Waals surface area contributed by atoms with Crippen LogP contribution in [-0.2, 0) is 4.79 Å². The quantitative estimate of drug-likeness (QED) is 0.731. The average molecular weight is 365 g/mol. The molecule has 1 fully saturated rings. The third-order valence-electron chi connectivity index (χ3n) is 4.79. The monoisotopic (exact) mass is 365 g/mol. The summed E-state index contributed by atoms with van der Waals surface area (Å²) in [5.41, 5.74) is 2.48. The predicted octanol–water partition coefficient (Wildman–Crippen LogP) is 1.59. The first kappa shape index (κ1) is 17.0. The number of hydrogen-bond donors (Lipinski definition) is 2. The second kappa shape index (κ2) is 6.71. The second-order valence-electron chi connectivity index (χ2n) is 6.50. The normalized spacial score (nSPS) is 16.7. The summed E-state index contributed by atoms with van der Waals surface area (Å²) in [6.07, 6.45) is 3.96. The Morgan fingerprint density at radius 3 is 2.89 bits per heavy atom. The van der Waals surface area contributed by atoms with Gasteiger partial charge in [-0.15, -0.1) is 0 Å². The predicted molar refractivity (Wildman–Crippen MR) is 99.4 cm³/mol. The molecule has 8 heteroatoms. The molecule has 0 bridgehead atoms. The van der Waals surface area contributed by atoms with Gasteiger partial charge in [-0.25, -0.2) is 4.98 Å². The van der Waals surface area contributed by atoms with Crippen LogP contribution in [0.1, 0.15) is 16.8 Å². The summed E-state index contributed by atoms with van der Waals surface area (Å²) in [6.45, 7) is 0.637. The number of rotatable bonds is 4. The number of H-pyrrole nitrogens is 1. The van der Waals surface area contributed by atoms with Crippen LogP contribution in [0.5, 0.6) is 5.75 Å². The molecule has 2 aromatic heterocycles. The number of ether oxygens (including phenoxy) is 1. The molecule has 27 heavy (non-hydrogen) atoms. The lowest BCUT2D eigenvalue weighted by molar-refractivity contribution is -0.128. The lowest BCUT2D eigenvalue weighted by Gasteiger charge is -2.14. The van der Waals surface area contributed by atoms with Crippen molar-refractivity contribution in [2.24, 2.45) is 0 Å². The van der Waals surface area contributed by atoms with Crippen LogP contribution in [0, 0.1) is 0 Å². The van der Waals surface area contributed by atoms with Crippen LogP contribution in [0.15, 0.2) is 36.7 Å². The number of carbonyl (C=O) groups is 2.